The lowest BCUT2D eigenvalue weighted by Gasteiger charge is -2.35. The second-order valence-electron chi connectivity index (χ2n) is 20.8. The second kappa shape index (κ2) is 27.9. The van der Waals surface area contributed by atoms with E-state index in [0.717, 1.165) is 48.3 Å². The first-order valence-electron chi connectivity index (χ1n) is 26.6. The average molecular weight is 1140 g/mol. The summed E-state index contributed by atoms with van der Waals surface area (Å²) in [4.78, 5) is 90.9. The minimum atomic E-state index is -1.00. The number of hydrogen-bond acceptors (Lipinski definition) is 17. The largest absolute Gasteiger partial charge is 0.391 e. The number of urea groups is 1. The number of likely N-dealkylation sites (tertiary alicyclic amines) is 1. The van der Waals surface area contributed by atoms with Crippen LogP contribution < -0.4 is 38.1 Å². The first-order valence-corrected chi connectivity index (χ1v) is 28.2. The number of thiophene rings is 1. The standard InChI is InChI=1S/C55H73N13O10S2/c1-31-33(3)80-53-45(31)46(36-14-16-38(17-15-36)62-50(72)40(56)9-8-18-59-54(57)75)63-41(49-66-65-34(4)68(49)53)26-43(70)58-19-20-76-21-22-77-23-24-78-29-44(71)64-48(55(5,6)7)52(74)67-28-39(69)25-42(67)51(73)60-27-35-10-12-37(13-11-35)47-32(2)61-30-79-47/h10-17,30,39-42,48,69H,8-9,18-29,56H2,1-7H3,(H,58,70)(H,60,73)(H,62,72)(H,64,71)(H3,57,59,75)/t39-,40+,41+,42+,48-/m1/s1. The summed E-state index contributed by atoms with van der Waals surface area (Å²) in [6, 6.07) is 11.1. The summed E-state index contributed by atoms with van der Waals surface area (Å²) in [5.41, 5.74) is 19.1. The van der Waals surface area contributed by atoms with Gasteiger partial charge >= 0.3 is 6.03 Å². The maximum absolute atomic E-state index is 14.0. The number of primary amides is 1. The Labute approximate surface area is 473 Å². The van der Waals surface area contributed by atoms with E-state index in [2.05, 4.69) is 41.8 Å². The number of amides is 7. The number of nitrogens with zero attached hydrogens (tertiary/aromatic N) is 6. The van der Waals surface area contributed by atoms with Crippen LogP contribution in [0.1, 0.15) is 97.0 Å². The first kappa shape index (κ1) is 60.6. The highest BCUT2D eigenvalue weighted by atomic mass is 32.1. The lowest BCUT2D eigenvalue weighted by atomic mass is 9.85. The smallest absolute Gasteiger partial charge is 0.312 e. The van der Waals surface area contributed by atoms with Crippen molar-refractivity contribution in [1.82, 2.24) is 45.9 Å². The summed E-state index contributed by atoms with van der Waals surface area (Å²) in [6.45, 7) is 14.7. The zero-order valence-corrected chi connectivity index (χ0v) is 47.9. The second-order valence-corrected chi connectivity index (χ2v) is 22.8. The van der Waals surface area contributed by atoms with Crippen molar-refractivity contribution in [2.24, 2.45) is 21.9 Å². The number of aliphatic hydroxyl groups excluding tert-OH is 1. The minimum Gasteiger partial charge on any atom is -0.391 e. The van der Waals surface area contributed by atoms with Crippen molar-refractivity contribution in [2.45, 2.75) is 111 Å². The van der Waals surface area contributed by atoms with Crippen molar-refractivity contribution >= 4 is 69.6 Å². The predicted molar refractivity (Wildman–Crippen MR) is 303 cm³/mol. The molecular weight excluding hydrogens is 1070 g/mol. The van der Waals surface area contributed by atoms with Crippen LogP contribution in [0.2, 0.25) is 0 Å². The van der Waals surface area contributed by atoms with Gasteiger partial charge in [0.25, 0.3) is 0 Å². The number of thiazole rings is 1. The highest BCUT2D eigenvalue weighted by Gasteiger charge is 2.44. The molecule has 3 aromatic heterocycles. The number of nitrogens with one attached hydrogen (secondary N) is 5. The monoisotopic (exact) mass is 1140 g/mol. The van der Waals surface area contributed by atoms with E-state index in [9.17, 15) is 33.9 Å². The Morgan fingerprint density at radius 3 is 2.21 bits per heavy atom. The van der Waals surface area contributed by atoms with Gasteiger partial charge in [-0.1, -0.05) is 57.2 Å². The summed E-state index contributed by atoms with van der Waals surface area (Å²) >= 11 is 3.16. The molecule has 2 aromatic carbocycles. The van der Waals surface area contributed by atoms with Gasteiger partial charge < -0.3 is 62.3 Å². The van der Waals surface area contributed by atoms with Crippen LogP contribution in [0.4, 0.5) is 10.5 Å². The Morgan fingerprint density at radius 2 is 1.54 bits per heavy atom. The van der Waals surface area contributed by atoms with Crippen LogP contribution >= 0.6 is 22.7 Å². The zero-order chi connectivity index (χ0) is 57.7. The number of rotatable bonds is 26. The molecule has 5 atom stereocenters. The number of benzene rings is 2. The van der Waals surface area contributed by atoms with Crippen LogP contribution in [0.5, 0.6) is 0 Å². The van der Waals surface area contributed by atoms with Crippen LogP contribution in [-0.4, -0.2) is 155 Å². The van der Waals surface area contributed by atoms with Gasteiger partial charge in [-0.2, -0.15) is 0 Å². The van der Waals surface area contributed by atoms with Crippen LogP contribution in [0, 0.1) is 33.1 Å². The average Bonchev–Trinajstić information content (AvgIpc) is 4.23. The quantitative estimate of drug-likeness (QED) is 0.0367. The number of aliphatic imine (C=N–C) groups is 1. The highest BCUT2D eigenvalue weighted by Crippen LogP contribution is 2.40. The lowest BCUT2D eigenvalue weighted by Crippen LogP contribution is -2.58. The van der Waals surface area contributed by atoms with Crippen molar-refractivity contribution in [2.75, 3.05) is 64.6 Å². The number of anilines is 1. The number of ether oxygens (including phenoxy) is 3. The molecule has 0 radical (unpaired) electrons. The van der Waals surface area contributed by atoms with Crippen molar-refractivity contribution in [3.63, 3.8) is 0 Å². The van der Waals surface area contributed by atoms with Crippen LogP contribution in [0.3, 0.4) is 0 Å². The van der Waals surface area contributed by atoms with Crippen LogP contribution in [0.25, 0.3) is 15.4 Å². The Balaban J connectivity index is 0.817. The van der Waals surface area contributed by atoms with Gasteiger partial charge in [0.05, 0.1) is 73.4 Å². The van der Waals surface area contributed by atoms with Crippen molar-refractivity contribution in [3.05, 3.63) is 98.5 Å². The molecule has 5 heterocycles. The van der Waals surface area contributed by atoms with Gasteiger partial charge in [0, 0.05) is 54.3 Å². The molecule has 5 aromatic rings. The van der Waals surface area contributed by atoms with Gasteiger partial charge in [0.15, 0.2) is 5.82 Å². The first-order chi connectivity index (χ1) is 38.2. The minimum absolute atomic E-state index is 0.0160. The molecule has 7 rings (SSSR count). The zero-order valence-electron chi connectivity index (χ0n) is 46.3. The number of nitrogens with two attached hydrogens (primary N) is 2. The molecule has 1 saturated heterocycles. The Kier molecular flexibility index (Phi) is 21.2. The van der Waals surface area contributed by atoms with Crippen LogP contribution in [-0.2, 0) is 44.7 Å². The molecule has 0 saturated carbocycles. The number of β-amino-alcohol motifs (C(OH)–C–C–N with tert-alkyl or cyclic N) is 1. The summed E-state index contributed by atoms with van der Waals surface area (Å²) in [6.07, 6.45) is -0.00266. The van der Waals surface area contributed by atoms with E-state index in [1.165, 1.54) is 4.90 Å². The van der Waals surface area contributed by atoms with Gasteiger partial charge in [0.2, 0.25) is 29.5 Å². The SMILES string of the molecule is Cc1ncsc1-c1ccc(CNC(=O)[C@@H]2C[C@@H](O)CN2C(=O)[C@@H](NC(=O)COCCOCCOCCNC(=O)C[C@@H]2N=C(c3ccc(NC(=O)[C@@H](N)CCCNC(N)=O)cc3)c3c(sc(C)c3C)-n3c(C)nnc32)C(C)(C)C)cc1. The van der Waals surface area contributed by atoms with Gasteiger partial charge in [-0.3, -0.25) is 33.5 Å². The summed E-state index contributed by atoms with van der Waals surface area (Å²) in [5, 5.41) is 34.3. The summed E-state index contributed by atoms with van der Waals surface area (Å²) < 4.78 is 18.9. The number of carbonyl (C=O) groups excluding carboxylic acids is 6. The van der Waals surface area contributed by atoms with Crippen LogP contribution in [0.15, 0.2) is 59.0 Å². The van der Waals surface area contributed by atoms with E-state index >= 15 is 0 Å². The molecule has 2 aliphatic heterocycles. The molecule has 80 heavy (non-hydrogen) atoms. The van der Waals surface area contributed by atoms with Gasteiger partial charge in [-0.05, 0) is 74.8 Å². The summed E-state index contributed by atoms with van der Waals surface area (Å²) in [7, 11) is 0. The number of aliphatic hydroxyl groups is 1. The fourth-order valence-corrected chi connectivity index (χ4v) is 11.3. The number of fused-ring (bicyclic) bond motifs is 3. The number of hydrogen-bond donors (Lipinski definition) is 8. The fourth-order valence-electron chi connectivity index (χ4n) is 9.23. The normalized spacial score (nSPS) is 16.6. The lowest BCUT2D eigenvalue weighted by molar-refractivity contribution is -0.144. The van der Waals surface area contributed by atoms with Gasteiger partial charge in [-0.15, -0.1) is 32.9 Å². The molecular formula is C55H73N13O10S2. The number of aromatic nitrogens is 4. The molecule has 430 valence electrons. The molecule has 23 nitrogen and oxygen atoms in total. The Morgan fingerprint density at radius 1 is 0.850 bits per heavy atom. The van der Waals surface area contributed by atoms with E-state index in [0.29, 0.717) is 42.4 Å². The molecule has 25 heteroatoms. The molecule has 0 spiro atoms. The van der Waals surface area contributed by atoms with E-state index in [4.69, 9.17) is 30.7 Å². The molecule has 7 amide bonds. The third kappa shape index (κ3) is 15.9. The van der Waals surface area contributed by atoms with Gasteiger partial charge in [0.1, 0.15) is 35.6 Å². The number of aryl methyl sites for hydroxylation is 3. The van der Waals surface area contributed by atoms with Gasteiger partial charge in [-0.25, -0.2) is 9.78 Å². The van der Waals surface area contributed by atoms with Crippen molar-refractivity contribution in [1.29, 1.82) is 0 Å². The molecule has 10 N–H and O–H groups in total. The fraction of sp³-hybridized carbons (Fsp3) is 0.491. The molecule has 0 bridgehead atoms. The predicted octanol–water partition coefficient (Wildman–Crippen LogP) is 3.66. The van der Waals surface area contributed by atoms with E-state index < -0.39 is 59.4 Å². The van der Waals surface area contributed by atoms with E-state index in [1.807, 2.05) is 89.4 Å². The third-order valence-corrected chi connectivity index (χ3v) is 15.8. The highest BCUT2D eigenvalue weighted by molar-refractivity contribution is 7.15. The van der Waals surface area contributed by atoms with E-state index in [-0.39, 0.29) is 83.9 Å². The maximum atomic E-state index is 14.0. The van der Waals surface area contributed by atoms with Crippen molar-refractivity contribution < 1.29 is 48.1 Å². The Bertz CT molecular complexity index is 3010. The number of carbonyl (C=O) groups is 6. The molecule has 1 fully saturated rings. The van der Waals surface area contributed by atoms with Crippen molar-refractivity contribution in [3.8, 4) is 15.4 Å². The van der Waals surface area contributed by atoms with E-state index in [1.54, 1.807) is 40.3 Å². The molecule has 0 aliphatic carbocycles. The molecule has 2 aliphatic rings. The third-order valence-electron chi connectivity index (χ3n) is 13.6. The Hall–Kier alpha value is -7.00. The maximum Gasteiger partial charge on any atom is 0.312 e. The molecule has 0 unspecified atom stereocenters. The topological polar surface area (TPSA) is 322 Å². The summed E-state index contributed by atoms with van der Waals surface area (Å²) in [5.74, 6) is -0.818.